The van der Waals surface area contributed by atoms with Crippen molar-refractivity contribution in [2.75, 3.05) is 30.5 Å². The van der Waals surface area contributed by atoms with Crippen LogP contribution in [0.4, 0.5) is 5.69 Å². The summed E-state index contributed by atoms with van der Waals surface area (Å²) in [6.45, 7) is 0.00785. The predicted octanol–water partition coefficient (Wildman–Crippen LogP) is 0.518. The fourth-order valence-electron chi connectivity index (χ4n) is 1.83. The first-order valence-electron chi connectivity index (χ1n) is 6.08. The van der Waals surface area contributed by atoms with E-state index >= 15 is 0 Å². The Kier molecular flexibility index (Phi) is 4.62. The largest absolute Gasteiger partial charge is 0.355 e. The van der Waals surface area contributed by atoms with Crippen LogP contribution in [0.3, 0.4) is 0 Å². The zero-order valence-corrected chi connectivity index (χ0v) is 11.8. The second-order valence-corrected chi connectivity index (χ2v) is 5.20. The molecular weight excluding hydrogens is 278 g/mol. The minimum atomic E-state index is -0.308. The van der Waals surface area contributed by atoms with E-state index in [0.29, 0.717) is 22.9 Å². The van der Waals surface area contributed by atoms with Crippen molar-refractivity contribution < 1.29 is 14.4 Å². The summed E-state index contributed by atoms with van der Waals surface area (Å²) in [4.78, 5) is 36.5. The molecule has 106 valence electrons. The number of carbonyl (C=O) groups is 3. The number of nitrogens with one attached hydrogen (secondary N) is 2. The topological polar surface area (TPSA) is 78.5 Å². The molecule has 0 saturated carbocycles. The summed E-state index contributed by atoms with van der Waals surface area (Å²) in [6, 6.07) is 6.74. The van der Waals surface area contributed by atoms with Gasteiger partial charge in [-0.1, -0.05) is 12.1 Å². The molecule has 0 bridgehead atoms. The van der Waals surface area contributed by atoms with Crippen LogP contribution in [0.1, 0.15) is 10.4 Å². The minimum absolute atomic E-state index is 0.00785. The lowest BCUT2D eigenvalue weighted by molar-refractivity contribution is -0.130. The van der Waals surface area contributed by atoms with Crippen molar-refractivity contribution >= 4 is 35.2 Å². The van der Waals surface area contributed by atoms with Crippen LogP contribution >= 0.6 is 11.8 Å². The van der Waals surface area contributed by atoms with E-state index in [2.05, 4.69) is 10.6 Å². The summed E-state index contributed by atoms with van der Waals surface area (Å²) < 4.78 is 0. The van der Waals surface area contributed by atoms with Crippen molar-refractivity contribution in [1.29, 1.82) is 0 Å². The Bertz CT molecular complexity index is 547. The fraction of sp³-hybridized carbons (Fsp3) is 0.308. The van der Waals surface area contributed by atoms with Crippen molar-refractivity contribution in [1.82, 2.24) is 10.2 Å². The number of hydrogen-bond donors (Lipinski definition) is 2. The highest BCUT2D eigenvalue weighted by Gasteiger charge is 2.23. The standard InChI is InChI=1S/C13H15N3O3S/c1-14-13(19)9-4-2-3-5-10(9)15-11(17)6-16-8-20-7-12(16)18/h2-5H,6-8H2,1H3,(H,14,19)(H,15,17). The maximum Gasteiger partial charge on any atom is 0.253 e. The van der Waals surface area contributed by atoms with Crippen molar-refractivity contribution in [2.24, 2.45) is 0 Å². The van der Waals surface area contributed by atoms with Crippen molar-refractivity contribution in [3.63, 3.8) is 0 Å². The van der Waals surface area contributed by atoms with E-state index in [0.717, 1.165) is 0 Å². The molecule has 1 fully saturated rings. The molecule has 1 saturated heterocycles. The molecular formula is C13H15N3O3S. The van der Waals surface area contributed by atoms with E-state index in [-0.39, 0.29) is 24.3 Å². The van der Waals surface area contributed by atoms with E-state index in [1.165, 1.54) is 23.7 Å². The third kappa shape index (κ3) is 3.30. The number of nitrogens with zero attached hydrogens (tertiary/aromatic N) is 1. The number of para-hydroxylation sites is 1. The molecule has 2 N–H and O–H groups in total. The van der Waals surface area contributed by atoms with E-state index < -0.39 is 0 Å². The van der Waals surface area contributed by atoms with Gasteiger partial charge in [0.1, 0.15) is 6.54 Å². The van der Waals surface area contributed by atoms with Crippen LogP contribution in [-0.4, -0.2) is 47.8 Å². The summed E-state index contributed by atoms with van der Waals surface area (Å²) in [5.41, 5.74) is 0.835. The molecule has 0 aromatic heterocycles. The molecule has 3 amide bonds. The molecule has 0 spiro atoms. The van der Waals surface area contributed by atoms with Gasteiger partial charge in [0.25, 0.3) is 5.91 Å². The van der Waals surface area contributed by atoms with Gasteiger partial charge in [-0.15, -0.1) is 11.8 Å². The van der Waals surface area contributed by atoms with E-state index in [4.69, 9.17) is 0 Å². The van der Waals surface area contributed by atoms with Gasteiger partial charge in [-0.25, -0.2) is 0 Å². The highest BCUT2D eigenvalue weighted by atomic mass is 32.2. The number of carbonyl (C=O) groups excluding carboxylic acids is 3. The molecule has 1 aliphatic rings. The third-order valence-electron chi connectivity index (χ3n) is 2.83. The lowest BCUT2D eigenvalue weighted by atomic mass is 10.1. The first-order valence-corrected chi connectivity index (χ1v) is 7.23. The molecule has 2 rings (SSSR count). The fourth-order valence-corrected chi connectivity index (χ4v) is 2.73. The summed E-state index contributed by atoms with van der Waals surface area (Å²) in [7, 11) is 1.53. The molecule has 1 aliphatic heterocycles. The van der Waals surface area contributed by atoms with Crippen LogP contribution in [0.15, 0.2) is 24.3 Å². The zero-order chi connectivity index (χ0) is 14.5. The first-order chi connectivity index (χ1) is 9.61. The normalized spacial score (nSPS) is 14.2. The van der Waals surface area contributed by atoms with Crippen molar-refractivity contribution in [3.05, 3.63) is 29.8 Å². The molecule has 1 aromatic carbocycles. The maximum atomic E-state index is 11.9. The van der Waals surface area contributed by atoms with Crippen LogP contribution in [0, 0.1) is 0 Å². The lowest BCUT2D eigenvalue weighted by Crippen LogP contribution is -2.35. The number of hydrogen-bond acceptors (Lipinski definition) is 4. The highest BCUT2D eigenvalue weighted by molar-refractivity contribution is 8.00. The molecule has 0 atom stereocenters. The molecule has 6 nitrogen and oxygen atoms in total. The first kappa shape index (κ1) is 14.4. The molecule has 0 unspecified atom stereocenters. The SMILES string of the molecule is CNC(=O)c1ccccc1NC(=O)CN1CSCC1=O. The Labute approximate surface area is 120 Å². The van der Waals surface area contributed by atoms with E-state index in [1.54, 1.807) is 24.3 Å². The van der Waals surface area contributed by atoms with Gasteiger partial charge in [0.2, 0.25) is 11.8 Å². The average Bonchev–Trinajstić information content (AvgIpc) is 2.84. The van der Waals surface area contributed by atoms with Crippen LogP contribution in [0.5, 0.6) is 0 Å². The van der Waals surface area contributed by atoms with Gasteiger partial charge < -0.3 is 15.5 Å². The second-order valence-electron chi connectivity index (χ2n) is 4.24. The van der Waals surface area contributed by atoms with Crippen LogP contribution in [0.25, 0.3) is 0 Å². The summed E-state index contributed by atoms with van der Waals surface area (Å²) >= 11 is 1.48. The maximum absolute atomic E-state index is 11.9. The second kappa shape index (κ2) is 6.42. The van der Waals surface area contributed by atoms with E-state index in [9.17, 15) is 14.4 Å². The van der Waals surface area contributed by atoms with Gasteiger partial charge in [-0.3, -0.25) is 14.4 Å². The van der Waals surface area contributed by atoms with Gasteiger partial charge in [0.15, 0.2) is 0 Å². The number of benzene rings is 1. The van der Waals surface area contributed by atoms with Gasteiger partial charge >= 0.3 is 0 Å². The van der Waals surface area contributed by atoms with Crippen LogP contribution < -0.4 is 10.6 Å². The Balaban J connectivity index is 2.04. The average molecular weight is 293 g/mol. The molecule has 0 aliphatic carbocycles. The van der Waals surface area contributed by atoms with Crippen LogP contribution in [-0.2, 0) is 9.59 Å². The van der Waals surface area contributed by atoms with Gasteiger partial charge in [0.05, 0.1) is 22.9 Å². The smallest absolute Gasteiger partial charge is 0.253 e. The number of rotatable bonds is 4. The quantitative estimate of drug-likeness (QED) is 0.848. The Morgan fingerprint density at radius 1 is 1.35 bits per heavy atom. The van der Waals surface area contributed by atoms with E-state index in [1.807, 2.05) is 0 Å². The summed E-state index contributed by atoms with van der Waals surface area (Å²) in [5.74, 6) is 0.335. The van der Waals surface area contributed by atoms with Gasteiger partial charge in [-0.05, 0) is 12.1 Å². The van der Waals surface area contributed by atoms with Crippen molar-refractivity contribution in [3.8, 4) is 0 Å². The molecule has 0 radical (unpaired) electrons. The zero-order valence-electron chi connectivity index (χ0n) is 11.0. The minimum Gasteiger partial charge on any atom is -0.355 e. The predicted molar refractivity (Wildman–Crippen MR) is 77.5 cm³/mol. The Morgan fingerprint density at radius 3 is 2.75 bits per heavy atom. The Hall–Kier alpha value is -2.02. The molecule has 20 heavy (non-hydrogen) atoms. The lowest BCUT2D eigenvalue weighted by Gasteiger charge is -2.15. The van der Waals surface area contributed by atoms with Crippen LogP contribution in [0.2, 0.25) is 0 Å². The van der Waals surface area contributed by atoms with Crippen molar-refractivity contribution in [2.45, 2.75) is 0 Å². The number of amides is 3. The van der Waals surface area contributed by atoms with Gasteiger partial charge in [-0.2, -0.15) is 0 Å². The van der Waals surface area contributed by atoms with Gasteiger partial charge in [0, 0.05) is 7.05 Å². The molecule has 7 heteroatoms. The number of thioether (sulfide) groups is 1. The molecule has 1 heterocycles. The Morgan fingerprint density at radius 2 is 2.10 bits per heavy atom. The molecule has 1 aromatic rings. The highest BCUT2D eigenvalue weighted by Crippen LogP contribution is 2.17. The summed E-state index contributed by atoms with van der Waals surface area (Å²) in [5, 5.41) is 5.19. The number of anilines is 1. The summed E-state index contributed by atoms with van der Waals surface area (Å²) in [6.07, 6.45) is 0. The third-order valence-corrected chi connectivity index (χ3v) is 3.78. The monoisotopic (exact) mass is 293 g/mol.